The Morgan fingerprint density at radius 2 is 1.53 bits per heavy atom. The fourth-order valence-electron chi connectivity index (χ4n) is 1.63. The number of fused-ring (bicyclic) bond motifs is 1. The highest BCUT2D eigenvalue weighted by Crippen LogP contribution is 2.32. The average Bonchev–Trinajstić information content (AvgIpc) is 2.45. The van der Waals surface area contributed by atoms with E-state index in [0.29, 0.717) is 18.5 Å². The van der Waals surface area contributed by atoms with E-state index in [1.165, 1.54) is 0 Å². The van der Waals surface area contributed by atoms with Crippen molar-refractivity contribution >= 4 is 31.9 Å². The SMILES string of the molecule is BrCC#Cc1cc2c(cc1C#CCCBr)OCCO2. The van der Waals surface area contributed by atoms with Gasteiger partial charge in [0.15, 0.2) is 11.5 Å². The summed E-state index contributed by atoms with van der Waals surface area (Å²) >= 11 is 6.66. The Labute approximate surface area is 130 Å². The molecule has 2 rings (SSSR count). The van der Waals surface area contributed by atoms with E-state index in [2.05, 4.69) is 55.5 Å². The van der Waals surface area contributed by atoms with Gasteiger partial charge in [0.05, 0.1) is 5.33 Å². The maximum absolute atomic E-state index is 5.57. The first kappa shape index (κ1) is 14.3. The molecule has 1 heterocycles. The van der Waals surface area contributed by atoms with E-state index in [1.807, 2.05) is 12.1 Å². The summed E-state index contributed by atoms with van der Waals surface area (Å²) in [6.07, 6.45) is 0.805. The quantitative estimate of drug-likeness (QED) is 0.547. The van der Waals surface area contributed by atoms with Crippen LogP contribution in [0.1, 0.15) is 17.5 Å². The van der Waals surface area contributed by atoms with Crippen LogP contribution in [0.5, 0.6) is 11.5 Å². The van der Waals surface area contributed by atoms with Crippen molar-refractivity contribution in [1.29, 1.82) is 0 Å². The molecule has 0 aliphatic carbocycles. The van der Waals surface area contributed by atoms with Gasteiger partial charge in [-0.25, -0.2) is 0 Å². The van der Waals surface area contributed by atoms with E-state index in [9.17, 15) is 0 Å². The lowest BCUT2D eigenvalue weighted by atomic mass is 10.1. The molecule has 0 bridgehead atoms. The predicted molar refractivity (Wildman–Crippen MR) is 83.4 cm³/mol. The number of hydrogen-bond acceptors (Lipinski definition) is 2. The van der Waals surface area contributed by atoms with Gasteiger partial charge in [-0.3, -0.25) is 0 Å². The fourth-order valence-corrected chi connectivity index (χ4v) is 1.97. The highest BCUT2D eigenvalue weighted by molar-refractivity contribution is 9.09. The topological polar surface area (TPSA) is 18.5 Å². The van der Waals surface area contributed by atoms with Crippen molar-refractivity contribution in [2.45, 2.75) is 6.42 Å². The number of alkyl halides is 2. The second kappa shape index (κ2) is 7.48. The van der Waals surface area contributed by atoms with Crippen molar-refractivity contribution in [3.8, 4) is 35.2 Å². The summed E-state index contributed by atoms with van der Waals surface area (Å²) in [5.74, 6) is 13.8. The molecular formula is C15H12Br2O2. The summed E-state index contributed by atoms with van der Waals surface area (Å²) in [7, 11) is 0. The smallest absolute Gasteiger partial charge is 0.162 e. The van der Waals surface area contributed by atoms with Gasteiger partial charge < -0.3 is 9.47 Å². The van der Waals surface area contributed by atoms with Gasteiger partial charge >= 0.3 is 0 Å². The van der Waals surface area contributed by atoms with Crippen molar-refractivity contribution in [1.82, 2.24) is 0 Å². The third-order valence-corrected chi connectivity index (χ3v) is 3.09. The van der Waals surface area contributed by atoms with E-state index in [1.54, 1.807) is 0 Å². The summed E-state index contributed by atoms with van der Waals surface area (Å²) in [6.45, 7) is 1.15. The highest BCUT2D eigenvalue weighted by atomic mass is 79.9. The first-order valence-electron chi connectivity index (χ1n) is 5.88. The Balaban J connectivity index is 2.40. The van der Waals surface area contributed by atoms with Crippen molar-refractivity contribution in [3.63, 3.8) is 0 Å². The Hall–Kier alpha value is -1.10. The molecule has 0 fully saturated rings. The van der Waals surface area contributed by atoms with Crippen molar-refractivity contribution in [2.24, 2.45) is 0 Å². The normalized spacial score (nSPS) is 11.9. The number of rotatable bonds is 1. The van der Waals surface area contributed by atoms with Crippen molar-refractivity contribution in [2.75, 3.05) is 23.9 Å². The molecule has 2 nitrogen and oxygen atoms in total. The van der Waals surface area contributed by atoms with Crippen LogP contribution in [0.25, 0.3) is 0 Å². The van der Waals surface area contributed by atoms with Gasteiger partial charge in [0.25, 0.3) is 0 Å². The maximum atomic E-state index is 5.57. The van der Waals surface area contributed by atoms with Gasteiger partial charge in [-0.1, -0.05) is 55.5 Å². The Morgan fingerprint density at radius 3 is 2.05 bits per heavy atom. The molecule has 0 atom stereocenters. The van der Waals surface area contributed by atoms with E-state index in [4.69, 9.17) is 9.47 Å². The standard InChI is InChI=1S/C15H12Br2O2/c16-6-2-1-4-12-10-14-15(19-9-8-18-14)11-13(12)5-3-7-17/h10-11H,2,6-9H2. The Morgan fingerprint density at radius 1 is 0.947 bits per heavy atom. The molecule has 1 aliphatic rings. The van der Waals surface area contributed by atoms with Crippen LogP contribution in [-0.4, -0.2) is 23.9 Å². The van der Waals surface area contributed by atoms with Gasteiger partial charge in [0.2, 0.25) is 0 Å². The first-order chi connectivity index (χ1) is 9.35. The summed E-state index contributed by atoms with van der Waals surface area (Å²) in [4.78, 5) is 0. The van der Waals surface area contributed by atoms with Crippen LogP contribution >= 0.6 is 31.9 Å². The number of benzene rings is 1. The molecule has 1 aromatic carbocycles. The van der Waals surface area contributed by atoms with Gasteiger partial charge in [-0.2, -0.15) is 0 Å². The van der Waals surface area contributed by atoms with Crippen LogP contribution in [0.4, 0.5) is 0 Å². The lowest BCUT2D eigenvalue weighted by Crippen LogP contribution is -2.15. The maximum Gasteiger partial charge on any atom is 0.162 e. The second-order valence-electron chi connectivity index (χ2n) is 3.72. The van der Waals surface area contributed by atoms with Gasteiger partial charge in [-0.15, -0.1) is 0 Å². The van der Waals surface area contributed by atoms with Crippen LogP contribution in [-0.2, 0) is 0 Å². The molecule has 0 saturated carbocycles. The Bertz CT molecular complexity index is 574. The molecule has 0 unspecified atom stereocenters. The molecule has 0 N–H and O–H groups in total. The summed E-state index contributed by atoms with van der Waals surface area (Å²) in [5.41, 5.74) is 1.77. The fraction of sp³-hybridized carbons (Fsp3) is 0.333. The molecular weight excluding hydrogens is 372 g/mol. The van der Waals surface area contributed by atoms with E-state index in [-0.39, 0.29) is 0 Å². The molecule has 0 amide bonds. The molecule has 1 aromatic rings. The number of halogens is 2. The Kier molecular flexibility index (Phi) is 5.63. The van der Waals surface area contributed by atoms with E-state index in [0.717, 1.165) is 34.4 Å². The van der Waals surface area contributed by atoms with Gasteiger partial charge in [0, 0.05) is 35.0 Å². The molecule has 98 valence electrons. The molecule has 19 heavy (non-hydrogen) atoms. The second-order valence-corrected chi connectivity index (χ2v) is 5.07. The summed E-state index contributed by atoms with van der Waals surface area (Å²) < 4.78 is 11.1. The minimum atomic E-state index is 0.576. The first-order valence-corrected chi connectivity index (χ1v) is 8.12. The summed E-state index contributed by atoms with van der Waals surface area (Å²) in [5, 5.41) is 1.50. The minimum absolute atomic E-state index is 0.576. The van der Waals surface area contributed by atoms with Crippen LogP contribution in [0, 0.1) is 23.7 Å². The highest BCUT2D eigenvalue weighted by Gasteiger charge is 2.14. The zero-order valence-corrected chi connectivity index (χ0v) is 13.4. The van der Waals surface area contributed by atoms with Crippen LogP contribution in [0.15, 0.2) is 12.1 Å². The molecule has 0 saturated heterocycles. The molecule has 0 radical (unpaired) electrons. The van der Waals surface area contributed by atoms with Crippen LogP contribution in [0.3, 0.4) is 0 Å². The van der Waals surface area contributed by atoms with Crippen molar-refractivity contribution < 1.29 is 9.47 Å². The lowest BCUT2D eigenvalue weighted by Gasteiger charge is -2.19. The monoisotopic (exact) mass is 382 g/mol. The number of ether oxygens (including phenoxy) is 2. The van der Waals surface area contributed by atoms with E-state index >= 15 is 0 Å². The molecule has 0 aromatic heterocycles. The largest absolute Gasteiger partial charge is 0.486 e. The molecule has 4 heteroatoms. The predicted octanol–water partition coefficient (Wildman–Crippen LogP) is 3.34. The van der Waals surface area contributed by atoms with Crippen LogP contribution in [0.2, 0.25) is 0 Å². The van der Waals surface area contributed by atoms with Gasteiger partial charge in [0.1, 0.15) is 13.2 Å². The lowest BCUT2D eigenvalue weighted by molar-refractivity contribution is 0.171. The third-order valence-electron chi connectivity index (χ3n) is 2.41. The average molecular weight is 384 g/mol. The number of hydrogen-bond donors (Lipinski definition) is 0. The van der Waals surface area contributed by atoms with E-state index < -0.39 is 0 Å². The van der Waals surface area contributed by atoms with Crippen LogP contribution < -0.4 is 9.47 Å². The molecule has 1 aliphatic heterocycles. The summed E-state index contributed by atoms with van der Waals surface area (Å²) in [6, 6.07) is 3.82. The van der Waals surface area contributed by atoms with Gasteiger partial charge in [-0.05, 0) is 0 Å². The third kappa shape index (κ3) is 3.93. The molecule has 0 spiro atoms. The minimum Gasteiger partial charge on any atom is -0.486 e. The zero-order chi connectivity index (χ0) is 13.5. The van der Waals surface area contributed by atoms with Crippen molar-refractivity contribution in [3.05, 3.63) is 23.3 Å². The zero-order valence-electron chi connectivity index (χ0n) is 10.3.